The largest absolute Gasteiger partial charge is 0.491 e. The van der Waals surface area contributed by atoms with Gasteiger partial charge in [0.1, 0.15) is 0 Å². The van der Waals surface area contributed by atoms with Crippen LogP contribution in [0.5, 0.6) is 5.75 Å². The lowest BCUT2D eigenvalue weighted by Crippen LogP contribution is -2.46. The van der Waals surface area contributed by atoms with Gasteiger partial charge in [0.15, 0.2) is 11.6 Å². The Kier molecular flexibility index (Phi) is 5.24. The van der Waals surface area contributed by atoms with Gasteiger partial charge in [0.05, 0.1) is 13.2 Å². The molecule has 2 atom stereocenters. The minimum absolute atomic E-state index is 0.0373. The number of carbonyl (C=O) groups excluding carboxylic acids is 1. The predicted octanol–water partition coefficient (Wildman–Crippen LogP) is 2.90. The molecule has 122 valence electrons. The molecular weight excluding hydrogens is 287 g/mol. The molecule has 0 radical (unpaired) electrons. The lowest BCUT2D eigenvalue weighted by molar-refractivity contribution is 0.122. The highest BCUT2D eigenvalue weighted by atomic mass is 19.1. The number of halogens is 1. The topological polar surface area (TPSA) is 70.6 Å². The Morgan fingerprint density at radius 2 is 2.32 bits per heavy atom. The standard InChI is InChI=1S/C16H23FN2O3/c1-3-22-13-7-6-11(9-12(13)17)18-15(21)19-14-5-4-8-16(14,2)10-20/h6-7,9,14,20H,3-5,8,10H2,1-2H3,(H2,18,19,21). The molecule has 2 unspecified atom stereocenters. The van der Waals surface area contributed by atoms with Crippen LogP contribution in [0, 0.1) is 11.2 Å². The van der Waals surface area contributed by atoms with Crippen LogP contribution in [0.4, 0.5) is 14.9 Å². The maximum absolute atomic E-state index is 13.7. The molecule has 1 fully saturated rings. The average Bonchev–Trinajstić information content (AvgIpc) is 2.84. The van der Waals surface area contributed by atoms with E-state index < -0.39 is 11.8 Å². The van der Waals surface area contributed by atoms with E-state index in [1.807, 2.05) is 6.92 Å². The molecule has 0 heterocycles. The second-order valence-corrected chi connectivity index (χ2v) is 5.93. The summed E-state index contributed by atoms with van der Waals surface area (Å²) >= 11 is 0. The van der Waals surface area contributed by atoms with Crippen molar-refractivity contribution in [1.29, 1.82) is 0 Å². The number of hydrogen-bond acceptors (Lipinski definition) is 3. The van der Waals surface area contributed by atoms with E-state index in [0.717, 1.165) is 19.3 Å². The highest BCUT2D eigenvalue weighted by Gasteiger charge is 2.39. The first-order valence-electron chi connectivity index (χ1n) is 7.59. The van der Waals surface area contributed by atoms with Crippen molar-refractivity contribution in [3.05, 3.63) is 24.0 Å². The number of amides is 2. The van der Waals surface area contributed by atoms with Crippen LogP contribution >= 0.6 is 0 Å². The van der Waals surface area contributed by atoms with E-state index >= 15 is 0 Å². The molecule has 1 aromatic carbocycles. The van der Waals surface area contributed by atoms with Gasteiger partial charge in [-0.1, -0.05) is 13.3 Å². The summed E-state index contributed by atoms with van der Waals surface area (Å²) in [5.41, 5.74) is 0.0728. The molecule has 2 amide bonds. The van der Waals surface area contributed by atoms with Gasteiger partial charge in [-0.2, -0.15) is 0 Å². The molecule has 1 saturated carbocycles. The zero-order valence-corrected chi connectivity index (χ0v) is 13.0. The van der Waals surface area contributed by atoms with Crippen molar-refractivity contribution in [2.24, 2.45) is 5.41 Å². The van der Waals surface area contributed by atoms with E-state index in [0.29, 0.717) is 12.3 Å². The Bertz CT molecular complexity index is 538. The van der Waals surface area contributed by atoms with Gasteiger partial charge in [0.2, 0.25) is 0 Å². The van der Waals surface area contributed by atoms with E-state index in [1.165, 1.54) is 12.1 Å². The van der Waals surface area contributed by atoms with Crippen molar-refractivity contribution < 1.29 is 19.0 Å². The number of hydrogen-bond donors (Lipinski definition) is 3. The minimum atomic E-state index is -0.513. The number of aliphatic hydroxyl groups is 1. The Hall–Kier alpha value is -1.82. The first-order valence-corrected chi connectivity index (χ1v) is 7.59. The zero-order valence-electron chi connectivity index (χ0n) is 13.0. The zero-order chi connectivity index (χ0) is 16.2. The Morgan fingerprint density at radius 1 is 1.55 bits per heavy atom. The Labute approximate surface area is 129 Å². The summed E-state index contributed by atoms with van der Waals surface area (Å²) in [6.45, 7) is 4.15. The van der Waals surface area contributed by atoms with Crippen LogP contribution in [0.15, 0.2) is 18.2 Å². The second kappa shape index (κ2) is 6.96. The lowest BCUT2D eigenvalue weighted by atomic mass is 9.86. The molecule has 5 nitrogen and oxygen atoms in total. The first kappa shape index (κ1) is 16.5. The van der Waals surface area contributed by atoms with Crippen molar-refractivity contribution >= 4 is 11.7 Å². The van der Waals surface area contributed by atoms with Crippen molar-refractivity contribution in [3.63, 3.8) is 0 Å². The van der Waals surface area contributed by atoms with Crippen LogP contribution in [0.1, 0.15) is 33.1 Å². The fourth-order valence-electron chi connectivity index (χ4n) is 2.84. The molecule has 2 rings (SSSR count). The van der Waals surface area contributed by atoms with Gasteiger partial charge in [-0.15, -0.1) is 0 Å². The van der Waals surface area contributed by atoms with Gasteiger partial charge < -0.3 is 20.5 Å². The number of urea groups is 1. The number of aliphatic hydroxyl groups excluding tert-OH is 1. The Morgan fingerprint density at radius 3 is 2.95 bits per heavy atom. The first-order chi connectivity index (χ1) is 10.5. The van der Waals surface area contributed by atoms with Crippen LogP contribution in [0.25, 0.3) is 0 Å². The van der Waals surface area contributed by atoms with Gasteiger partial charge in [-0.3, -0.25) is 0 Å². The summed E-state index contributed by atoms with van der Waals surface area (Å²) in [5.74, 6) is -0.349. The third kappa shape index (κ3) is 3.68. The molecule has 3 N–H and O–H groups in total. The third-order valence-electron chi connectivity index (χ3n) is 4.24. The molecule has 0 saturated heterocycles. The molecule has 22 heavy (non-hydrogen) atoms. The van der Waals surface area contributed by atoms with Crippen LogP contribution in [-0.4, -0.2) is 30.4 Å². The van der Waals surface area contributed by atoms with Crippen molar-refractivity contribution in [2.45, 2.75) is 39.2 Å². The third-order valence-corrected chi connectivity index (χ3v) is 4.24. The van der Waals surface area contributed by atoms with Gasteiger partial charge >= 0.3 is 6.03 Å². The second-order valence-electron chi connectivity index (χ2n) is 5.93. The molecule has 6 heteroatoms. The summed E-state index contributed by atoms with van der Waals surface area (Å²) in [4.78, 5) is 12.0. The number of benzene rings is 1. The number of rotatable bonds is 5. The SMILES string of the molecule is CCOc1ccc(NC(=O)NC2CCCC2(C)CO)cc1F. The van der Waals surface area contributed by atoms with Crippen LogP contribution < -0.4 is 15.4 Å². The predicted molar refractivity (Wildman–Crippen MR) is 82.6 cm³/mol. The maximum Gasteiger partial charge on any atom is 0.319 e. The van der Waals surface area contributed by atoms with Crippen molar-refractivity contribution in [1.82, 2.24) is 5.32 Å². The highest BCUT2D eigenvalue weighted by Crippen LogP contribution is 2.37. The van der Waals surface area contributed by atoms with Crippen molar-refractivity contribution in [3.8, 4) is 5.75 Å². The summed E-state index contributed by atoms with van der Waals surface area (Å²) in [7, 11) is 0. The summed E-state index contributed by atoms with van der Waals surface area (Å²) in [6, 6.07) is 3.83. The molecule has 1 aromatic rings. The van der Waals surface area contributed by atoms with E-state index in [2.05, 4.69) is 10.6 Å². The van der Waals surface area contributed by atoms with Gasteiger partial charge in [-0.05, 0) is 31.9 Å². The quantitative estimate of drug-likeness (QED) is 0.783. The van der Waals surface area contributed by atoms with E-state index in [-0.39, 0.29) is 23.8 Å². The van der Waals surface area contributed by atoms with Crippen molar-refractivity contribution in [2.75, 3.05) is 18.5 Å². The fraction of sp³-hybridized carbons (Fsp3) is 0.562. The van der Waals surface area contributed by atoms with E-state index in [9.17, 15) is 14.3 Å². The lowest BCUT2D eigenvalue weighted by Gasteiger charge is -2.30. The molecule has 1 aliphatic rings. The number of ether oxygens (including phenoxy) is 1. The number of nitrogens with one attached hydrogen (secondary N) is 2. The Balaban J connectivity index is 1.96. The highest BCUT2D eigenvalue weighted by molar-refractivity contribution is 5.89. The molecular formula is C16H23FN2O3. The number of anilines is 1. The summed E-state index contributed by atoms with van der Waals surface area (Å²) < 4.78 is 18.9. The monoisotopic (exact) mass is 310 g/mol. The number of carbonyl (C=O) groups is 1. The van der Waals surface area contributed by atoms with Crippen LogP contribution in [0.2, 0.25) is 0 Å². The molecule has 0 bridgehead atoms. The smallest absolute Gasteiger partial charge is 0.319 e. The summed E-state index contributed by atoms with van der Waals surface area (Å²) in [5, 5.41) is 15.0. The summed E-state index contributed by atoms with van der Waals surface area (Å²) in [6.07, 6.45) is 2.69. The van der Waals surface area contributed by atoms with Gasteiger partial charge in [0.25, 0.3) is 0 Å². The van der Waals surface area contributed by atoms with E-state index in [4.69, 9.17) is 4.74 Å². The molecule has 0 aliphatic heterocycles. The molecule has 0 spiro atoms. The van der Waals surface area contributed by atoms with Gasteiger partial charge in [0, 0.05) is 23.2 Å². The van der Waals surface area contributed by atoms with Gasteiger partial charge in [-0.25, -0.2) is 9.18 Å². The van der Waals surface area contributed by atoms with E-state index in [1.54, 1.807) is 13.0 Å². The molecule has 0 aromatic heterocycles. The van der Waals surface area contributed by atoms with Crippen LogP contribution in [-0.2, 0) is 0 Å². The maximum atomic E-state index is 13.7. The fourth-order valence-corrected chi connectivity index (χ4v) is 2.84. The molecule has 1 aliphatic carbocycles. The normalized spacial score (nSPS) is 24.1. The average molecular weight is 310 g/mol. The van der Waals surface area contributed by atoms with Crippen LogP contribution in [0.3, 0.4) is 0 Å². The minimum Gasteiger partial charge on any atom is -0.491 e.